The highest BCUT2D eigenvalue weighted by Crippen LogP contribution is 2.31. The zero-order valence-electron chi connectivity index (χ0n) is 11.0. The number of hydrogen-bond donors (Lipinski definition) is 1. The first-order valence-corrected chi connectivity index (χ1v) is 6.82. The lowest BCUT2D eigenvalue weighted by Gasteiger charge is -2.14. The van der Waals surface area contributed by atoms with Crippen molar-refractivity contribution in [3.05, 3.63) is 76.4 Å². The number of aromatic nitrogens is 1. The molecule has 20 heavy (non-hydrogen) atoms. The lowest BCUT2D eigenvalue weighted by atomic mass is 9.98. The molecule has 3 aromatic rings. The number of aliphatic hydroxyl groups is 1. The van der Waals surface area contributed by atoms with Crippen LogP contribution in [0.2, 0.25) is 5.02 Å². The van der Waals surface area contributed by atoms with E-state index in [4.69, 9.17) is 11.6 Å². The molecule has 0 amide bonds. The predicted octanol–water partition coefficient (Wildman–Crippen LogP) is 4.28. The van der Waals surface area contributed by atoms with Gasteiger partial charge in [0.05, 0.1) is 5.52 Å². The number of rotatable bonds is 2. The quantitative estimate of drug-likeness (QED) is 0.761. The number of pyridine rings is 1. The number of fused-ring (bicyclic) bond motifs is 1. The van der Waals surface area contributed by atoms with E-state index >= 15 is 0 Å². The second-order valence-electron chi connectivity index (χ2n) is 4.85. The van der Waals surface area contributed by atoms with Gasteiger partial charge in [0.15, 0.2) is 0 Å². The number of hydrogen-bond acceptors (Lipinski definition) is 2. The maximum absolute atomic E-state index is 10.6. The van der Waals surface area contributed by atoms with Crippen LogP contribution < -0.4 is 0 Å². The summed E-state index contributed by atoms with van der Waals surface area (Å²) in [7, 11) is 0. The molecule has 0 spiro atoms. The van der Waals surface area contributed by atoms with Crippen LogP contribution in [0.25, 0.3) is 10.9 Å². The lowest BCUT2D eigenvalue weighted by Crippen LogP contribution is -2.02. The molecule has 2 nitrogen and oxygen atoms in total. The van der Waals surface area contributed by atoms with Crippen LogP contribution in [0.5, 0.6) is 0 Å². The molecule has 0 aliphatic rings. The Balaban J connectivity index is 2.17. The molecule has 0 saturated heterocycles. The van der Waals surface area contributed by atoms with Gasteiger partial charge in [-0.2, -0.15) is 0 Å². The summed E-state index contributed by atoms with van der Waals surface area (Å²) in [4.78, 5) is 4.37. The van der Waals surface area contributed by atoms with Crippen molar-refractivity contribution in [3.63, 3.8) is 0 Å². The minimum absolute atomic E-state index is 0.647. The Morgan fingerprint density at radius 1 is 1.10 bits per heavy atom. The minimum atomic E-state index is -0.704. The zero-order valence-corrected chi connectivity index (χ0v) is 11.8. The third-order valence-corrected chi connectivity index (χ3v) is 3.73. The Kier molecular flexibility index (Phi) is 3.43. The van der Waals surface area contributed by atoms with Crippen LogP contribution >= 0.6 is 11.6 Å². The van der Waals surface area contributed by atoms with Gasteiger partial charge in [0.25, 0.3) is 0 Å². The van der Waals surface area contributed by atoms with Crippen molar-refractivity contribution >= 4 is 22.5 Å². The largest absolute Gasteiger partial charge is 0.384 e. The second-order valence-corrected chi connectivity index (χ2v) is 5.26. The van der Waals surface area contributed by atoms with Crippen LogP contribution in [0, 0.1) is 6.92 Å². The van der Waals surface area contributed by atoms with E-state index < -0.39 is 6.10 Å². The van der Waals surface area contributed by atoms with Gasteiger partial charge >= 0.3 is 0 Å². The molecule has 2 aromatic carbocycles. The first-order chi connectivity index (χ1) is 9.66. The topological polar surface area (TPSA) is 33.1 Å². The molecule has 0 fully saturated rings. The molecule has 0 saturated carbocycles. The number of nitrogens with zero attached hydrogens (tertiary/aromatic N) is 1. The van der Waals surface area contributed by atoms with Gasteiger partial charge in [-0.1, -0.05) is 47.5 Å². The molecule has 3 heteroatoms. The van der Waals surface area contributed by atoms with Gasteiger partial charge < -0.3 is 5.11 Å². The van der Waals surface area contributed by atoms with E-state index in [0.717, 1.165) is 27.6 Å². The van der Waals surface area contributed by atoms with Crippen LogP contribution in [-0.2, 0) is 0 Å². The van der Waals surface area contributed by atoms with E-state index in [1.807, 2.05) is 49.4 Å². The van der Waals surface area contributed by atoms with Crippen LogP contribution in [-0.4, -0.2) is 10.1 Å². The summed E-state index contributed by atoms with van der Waals surface area (Å²) < 4.78 is 0. The van der Waals surface area contributed by atoms with Gasteiger partial charge in [-0.3, -0.25) is 4.98 Å². The molecule has 0 bridgehead atoms. The average molecular weight is 284 g/mol. The van der Waals surface area contributed by atoms with Gasteiger partial charge in [0.2, 0.25) is 0 Å². The first kappa shape index (κ1) is 13.1. The monoisotopic (exact) mass is 283 g/mol. The van der Waals surface area contributed by atoms with Crippen molar-refractivity contribution in [1.29, 1.82) is 0 Å². The Morgan fingerprint density at radius 3 is 2.75 bits per heavy atom. The summed E-state index contributed by atoms with van der Waals surface area (Å²) in [6.07, 6.45) is 1.01. The summed E-state index contributed by atoms with van der Waals surface area (Å²) in [5, 5.41) is 12.1. The SMILES string of the molecule is Cc1cccc(C(O)c2ccc(Cl)c3cccnc23)c1. The number of aryl methyl sites for hydroxylation is 1. The minimum Gasteiger partial charge on any atom is -0.384 e. The van der Waals surface area contributed by atoms with Gasteiger partial charge in [0, 0.05) is 22.2 Å². The third kappa shape index (κ3) is 2.28. The van der Waals surface area contributed by atoms with Crippen molar-refractivity contribution in [2.24, 2.45) is 0 Å². The van der Waals surface area contributed by atoms with Gasteiger partial charge in [-0.15, -0.1) is 0 Å². The highest BCUT2D eigenvalue weighted by molar-refractivity contribution is 6.35. The Hall–Kier alpha value is -1.90. The fourth-order valence-electron chi connectivity index (χ4n) is 2.40. The summed E-state index contributed by atoms with van der Waals surface area (Å²) in [5.74, 6) is 0. The Morgan fingerprint density at radius 2 is 1.95 bits per heavy atom. The fraction of sp³-hybridized carbons (Fsp3) is 0.118. The molecule has 0 radical (unpaired) electrons. The van der Waals surface area contributed by atoms with Gasteiger partial charge in [-0.05, 0) is 30.7 Å². The van der Waals surface area contributed by atoms with E-state index in [1.165, 1.54) is 0 Å². The molecule has 1 aromatic heterocycles. The molecule has 1 N–H and O–H groups in total. The first-order valence-electron chi connectivity index (χ1n) is 6.44. The predicted molar refractivity (Wildman–Crippen MR) is 82.0 cm³/mol. The lowest BCUT2D eigenvalue weighted by molar-refractivity contribution is 0.221. The maximum atomic E-state index is 10.6. The van der Waals surface area contributed by atoms with E-state index in [0.29, 0.717) is 5.02 Å². The fourth-order valence-corrected chi connectivity index (χ4v) is 2.62. The molecule has 0 aliphatic carbocycles. The molecule has 3 rings (SSSR count). The third-order valence-electron chi connectivity index (χ3n) is 3.40. The summed E-state index contributed by atoms with van der Waals surface area (Å²) in [6, 6.07) is 15.3. The number of aliphatic hydroxyl groups excluding tert-OH is 1. The molecular weight excluding hydrogens is 270 g/mol. The normalized spacial score (nSPS) is 12.6. The highest BCUT2D eigenvalue weighted by Gasteiger charge is 2.15. The van der Waals surface area contributed by atoms with E-state index in [9.17, 15) is 5.11 Å². The maximum Gasteiger partial charge on any atom is 0.106 e. The molecule has 0 aliphatic heterocycles. The van der Waals surface area contributed by atoms with Crippen molar-refractivity contribution in [3.8, 4) is 0 Å². The number of benzene rings is 2. The summed E-state index contributed by atoms with van der Waals surface area (Å²) >= 11 is 6.18. The Labute approximate surface area is 122 Å². The summed E-state index contributed by atoms with van der Waals surface area (Å²) in [6.45, 7) is 2.01. The standard InChI is InChI=1S/C17H14ClNO/c1-11-4-2-5-12(10-11)17(20)14-7-8-15(18)13-6-3-9-19-16(13)14/h2-10,17,20H,1H3. The van der Waals surface area contributed by atoms with Crippen molar-refractivity contribution in [2.75, 3.05) is 0 Å². The zero-order chi connectivity index (χ0) is 14.1. The van der Waals surface area contributed by atoms with Gasteiger partial charge in [0.1, 0.15) is 6.10 Å². The van der Waals surface area contributed by atoms with Crippen molar-refractivity contribution in [2.45, 2.75) is 13.0 Å². The van der Waals surface area contributed by atoms with E-state index in [-0.39, 0.29) is 0 Å². The van der Waals surface area contributed by atoms with Gasteiger partial charge in [-0.25, -0.2) is 0 Å². The molecule has 1 heterocycles. The van der Waals surface area contributed by atoms with Crippen LogP contribution in [0.1, 0.15) is 22.8 Å². The highest BCUT2D eigenvalue weighted by atomic mass is 35.5. The van der Waals surface area contributed by atoms with Crippen LogP contribution in [0.3, 0.4) is 0 Å². The van der Waals surface area contributed by atoms with Crippen LogP contribution in [0.15, 0.2) is 54.7 Å². The van der Waals surface area contributed by atoms with Crippen molar-refractivity contribution < 1.29 is 5.11 Å². The second kappa shape index (κ2) is 5.23. The van der Waals surface area contributed by atoms with E-state index in [2.05, 4.69) is 4.98 Å². The average Bonchev–Trinajstić information content (AvgIpc) is 2.47. The molecule has 1 atom stereocenters. The molecule has 100 valence electrons. The van der Waals surface area contributed by atoms with Crippen LogP contribution in [0.4, 0.5) is 0 Å². The van der Waals surface area contributed by atoms with Crippen molar-refractivity contribution in [1.82, 2.24) is 4.98 Å². The number of halogens is 1. The Bertz CT molecular complexity index is 770. The van der Waals surface area contributed by atoms with E-state index in [1.54, 1.807) is 12.3 Å². The smallest absolute Gasteiger partial charge is 0.106 e. The summed E-state index contributed by atoms with van der Waals surface area (Å²) in [5.41, 5.74) is 3.50. The molecular formula is C17H14ClNO. The molecule has 1 unspecified atom stereocenters.